The molecule has 4 nitrogen and oxygen atoms in total. The van der Waals surface area contributed by atoms with E-state index in [0.717, 1.165) is 13.1 Å². The maximum Gasteiger partial charge on any atom is 0.317 e. The van der Waals surface area contributed by atoms with Crippen molar-refractivity contribution >= 4 is 6.03 Å². The fourth-order valence-corrected chi connectivity index (χ4v) is 1.27. The molecule has 0 aromatic carbocycles. The largest absolute Gasteiger partial charge is 0.335 e. The van der Waals surface area contributed by atoms with Crippen LogP contribution in [0.4, 0.5) is 4.79 Å². The molecule has 0 fully saturated rings. The number of nitrogens with zero attached hydrogens (tertiary/aromatic N) is 1. The van der Waals surface area contributed by atoms with Crippen molar-refractivity contribution in [3.63, 3.8) is 0 Å². The molecule has 16 heavy (non-hydrogen) atoms. The van der Waals surface area contributed by atoms with Crippen molar-refractivity contribution in [1.82, 2.24) is 15.5 Å². The van der Waals surface area contributed by atoms with Crippen molar-refractivity contribution in [3.8, 4) is 0 Å². The summed E-state index contributed by atoms with van der Waals surface area (Å²) in [6.07, 6.45) is 0. The summed E-state index contributed by atoms with van der Waals surface area (Å²) in [5, 5.41) is 6.09. The number of rotatable bonds is 6. The molecule has 0 saturated carbocycles. The number of likely N-dealkylation sites (N-methyl/N-ethyl adjacent to an activating group) is 1. The molecule has 0 aromatic rings. The van der Waals surface area contributed by atoms with Gasteiger partial charge in [0.05, 0.1) is 0 Å². The van der Waals surface area contributed by atoms with Crippen molar-refractivity contribution in [2.24, 2.45) is 5.92 Å². The molecule has 0 bridgehead atoms. The molecular weight excluding hydrogens is 202 g/mol. The Bertz CT molecular complexity index is 204. The number of nitrogens with one attached hydrogen (secondary N) is 2. The van der Waals surface area contributed by atoms with E-state index >= 15 is 0 Å². The van der Waals surface area contributed by atoms with E-state index in [4.69, 9.17) is 0 Å². The van der Waals surface area contributed by atoms with Gasteiger partial charge in [0.25, 0.3) is 0 Å². The molecule has 1 unspecified atom stereocenters. The van der Waals surface area contributed by atoms with E-state index in [2.05, 4.69) is 24.5 Å². The summed E-state index contributed by atoms with van der Waals surface area (Å²) >= 11 is 0. The van der Waals surface area contributed by atoms with Gasteiger partial charge in [-0.1, -0.05) is 13.8 Å². The second-order valence-corrected chi connectivity index (χ2v) is 4.87. The number of hydrogen-bond acceptors (Lipinski definition) is 2. The molecule has 0 aliphatic carbocycles. The van der Waals surface area contributed by atoms with Crippen LogP contribution in [-0.4, -0.2) is 43.2 Å². The van der Waals surface area contributed by atoms with E-state index in [1.807, 2.05) is 32.7 Å². The molecule has 2 N–H and O–H groups in total. The third-order valence-corrected chi connectivity index (χ3v) is 2.84. The second-order valence-electron chi connectivity index (χ2n) is 4.87. The van der Waals surface area contributed by atoms with Gasteiger partial charge in [0.15, 0.2) is 0 Å². The Hall–Kier alpha value is -0.770. The first kappa shape index (κ1) is 15.2. The lowest BCUT2D eigenvalue weighted by atomic mass is 10.1. The van der Waals surface area contributed by atoms with E-state index in [1.165, 1.54) is 0 Å². The Balaban J connectivity index is 4.27. The highest BCUT2D eigenvalue weighted by Gasteiger charge is 2.18. The lowest BCUT2D eigenvalue weighted by Crippen LogP contribution is -2.50. The Morgan fingerprint density at radius 1 is 1.19 bits per heavy atom. The van der Waals surface area contributed by atoms with E-state index < -0.39 is 0 Å². The maximum absolute atomic E-state index is 12.0. The number of carbonyl (C=O) groups is 1. The van der Waals surface area contributed by atoms with Gasteiger partial charge >= 0.3 is 6.03 Å². The minimum atomic E-state index is 0.0338. The summed E-state index contributed by atoms with van der Waals surface area (Å²) < 4.78 is 0. The lowest BCUT2D eigenvalue weighted by molar-refractivity contribution is 0.178. The molecule has 96 valence electrons. The number of urea groups is 1. The van der Waals surface area contributed by atoms with Gasteiger partial charge in [-0.15, -0.1) is 0 Å². The number of amides is 2. The average molecular weight is 229 g/mol. The maximum atomic E-state index is 12.0. The first-order valence-corrected chi connectivity index (χ1v) is 6.11. The molecule has 1 atom stereocenters. The zero-order chi connectivity index (χ0) is 12.7. The van der Waals surface area contributed by atoms with Crippen LogP contribution in [0.3, 0.4) is 0 Å². The summed E-state index contributed by atoms with van der Waals surface area (Å²) in [6.45, 7) is 11.9. The van der Waals surface area contributed by atoms with Crippen LogP contribution in [0, 0.1) is 5.92 Å². The fraction of sp³-hybridized carbons (Fsp3) is 0.917. The third-order valence-electron chi connectivity index (χ3n) is 2.84. The van der Waals surface area contributed by atoms with Crippen LogP contribution in [0.2, 0.25) is 0 Å². The van der Waals surface area contributed by atoms with Gasteiger partial charge in [0.2, 0.25) is 0 Å². The zero-order valence-corrected chi connectivity index (χ0v) is 11.5. The molecule has 0 rings (SSSR count). The topological polar surface area (TPSA) is 44.4 Å². The van der Waals surface area contributed by atoms with Crippen LogP contribution in [0.15, 0.2) is 0 Å². The standard InChI is InChI=1S/C12H27N3O/c1-9(2)11(5)14-12(16)15(10(3)4)8-7-13-6/h9-11,13H,7-8H2,1-6H3,(H,14,16). The Labute approximate surface area is 99.8 Å². The Morgan fingerprint density at radius 3 is 2.12 bits per heavy atom. The van der Waals surface area contributed by atoms with Gasteiger partial charge in [-0.05, 0) is 33.7 Å². The Kier molecular flexibility index (Phi) is 7.13. The van der Waals surface area contributed by atoms with E-state index in [0.29, 0.717) is 5.92 Å². The van der Waals surface area contributed by atoms with Crippen molar-refractivity contribution in [3.05, 3.63) is 0 Å². The normalized spacial score (nSPS) is 13.0. The summed E-state index contributed by atoms with van der Waals surface area (Å²) in [5.74, 6) is 0.460. The highest BCUT2D eigenvalue weighted by molar-refractivity contribution is 5.74. The summed E-state index contributed by atoms with van der Waals surface area (Å²) in [4.78, 5) is 13.8. The van der Waals surface area contributed by atoms with Gasteiger partial charge in [0.1, 0.15) is 0 Å². The minimum Gasteiger partial charge on any atom is -0.335 e. The number of hydrogen-bond donors (Lipinski definition) is 2. The van der Waals surface area contributed by atoms with Crippen molar-refractivity contribution in [1.29, 1.82) is 0 Å². The van der Waals surface area contributed by atoms with Gasteiger partial charge in [0, 0.05) is 25.2 Å². The van der Waals surface area contributed by atoms with Gasteiger partial charge in [-0.25, -0.2) is 4.79 Å². The molecule has 0 heterocycles. The molecule has 4 heteroatoms. The van der Waals surface area contributed by atoms with E-state index in [9.17, 15) is 4.79 Å². The molecule has 2 amide bonds. The van der Waals surface area contributed by atoms with Crippen LogP contribution in [0.1, 0.15) is 34.6 Å². The summed E-state index contributed by atoms with van der Waals surface area (Å²) in [6, 6.07) is 0.475. The van der Waals surface area contributed by atoms with Gasteiger partial charge in [-0.3, -0.25) is 0 Å². The molecule has 0 radical (unpaired) electrons. The van der Waals surface area contributed by atoms with Crippen LogP contribution < -0.4 is 10.6 Å². The third kappa shape index (κ3) is 5.35. The smallest absolute Gasteiger partial charge is 0.317 e. The molecular formula is C12H27N3O. The first-order valence-electron chi connectivity index (χ1n) is 6.11. The van der Waals surface area contributed by atoms with Crippen LogP contribution in [0.25, 0.3) is 0 Å². The zero-order valence-electron chi connectivity index (χ0n) is 11.5. The van der Waals surface area contributed by atoms with E-state index in [-0.39, 0.29) is 18.1 Å². The molecule has 0 aromatic heterocycles. The summed E-state index contributed by atoms with van der Waals surface area (Å²) in [7, 11) is 1.90. The summed E-state index contributed by atoms with van der Waals surface area (Å²) in [5.41, 5.74) is 0. The highest BCUT2D eigenvalue weighted by atomic mass is 16.2. The fourth-order valence-electron chi connectivity index (χ4n) is 1.27. The number of carbonyl (C=O) groups excluding carboxylic acids is 1. The monoisotopic (exact) mass is 229 g/mol. The molecule has 0 aliphatic heterocycles. The van der Waals surface area contributed by atoms with E-state index in [1.54, 1.807) is 0 Å². The Morgan fingerprint density at radius 2 is 1.75 bits per heavy atom. The quantitative estimate of drug-likeness (QED) is 0.727. The first-order chi connectivity index (χ1) is 7.40. The van der Waals surface area contributed by atoms with Crippen LogP contribution in [-0.2, 0) is 0 Å². The minimum absolute atomic E-state index is 0.0338. The average Bonchev–Trinajstić information content (AvgIpc) is 2.17. The molecule has 0 spiro atoms. The second kappa shape index (κ2) is 7.49. The molecule has 0 aliphatic rings. The van der Waals surface area contributed by atoms with Gasteiger partial charge < -0.3 is 15.5 Å². The SMILES string of the molecule is CNCCN(C(=O)NC(C)C(C)C)C(C)C. The van der Waals surface area contributed by atoms with Gasteiger partial charge in [-0.2, -0.15) is 0 Å². The van der Waals surface area contributed by atoms with Crippen molar-refractivity contribution in [2.45, 2.75) is 46.7 Å². The lowest BCUT2D eigenvalue weighted by Gasteiger charge is -2.29. The van der Waals surface area contributed by atoms with Crippen molar-refractivity contribution in [2.75, 3.05) is 20.1 Å². The predicted molar refractivity (Wildman–Crippen MR) is 68.6 cm³/mol. The highest BCUT2D eigenvalue weighted by Crippen LogP contribution is 2.03. The van der Waals surface area contributed by atoms with Crippen LogP contribution >= 0.6 is 0 Å². The van der Waals surface area contributed by atoms with Crippen molar-refractivity contribution < 1.29 is 4.79 Å². The van der Waals surface area contributed by atoms with Crippen LogP contribution in [0.5, 0.6) is 0 Å². The predicted octanol–water partition coefficient (Wildman–Crippen LogP) is 1.67. The molecule has 0 saturated heterocycles.